The first-order chi connectivity index (χ1) is 10.4. The molecular weight excluding hydrogens is 278 g/mol. The second kappa shape index (κ2) is 5.71. The predicted molar refractivity (Wildman–Crippen MR) is 83.8 cm³/mol. The zero-order chi connectivity index (χ0) is 15.7. The van der Waals surface area contributed by atoms with Gasteiger partial charge in [-0.2, -0.15) is 0 Å². The maximum atomic E-state index is 12.1. The highest BCUT2D eigenvalue weighted by Gasteiger charge is 2.30. The summed E-state index contributed by atoms with van der Waals surface area (Å²) in [4.78, 5) is 22.9. The highest BCUT2D eigenvalue weighted by molar-refractivity contribution is 5.68. The van der Waals surface area contributed by atoms with Crippen molar-refractivity contribution in [3.8, 4) is 0 Å². The smallest absolute Gasteiger partial charge is 0.410 e. The molecule has 1 atom stereocenters. The van der Waals surface area contributed by atoms with Crippen molar-refractivity contribution in [2.24, 2.45) is 10.9 Å². The van der Waals surface area contributed by atoms with E-state index in [9.17, 15) is 4.79 Å². The van der Waals surface area contributed by atoms with Gasteiger partial charge in [-0.3, -0.25) is 4.99 Å². The predicted octanol–water partition coefficient (Wildman–Crippen LogP) is 1.51. The third-order valence-electron chi connectivity index (χ3n) is 4.11. The van der Waals surface area contributed by atoms with Crippen LogP contribution in [0.15, 0.2) is 23.3 Å². The van der Waals surface area contributed by atoms with Gasteiger partial charge in [0.1, 0.15) is 5.60 Å². The summed E-state index contributed by atoms with van der Waals surface area (Å²) in [6.45, 7) is 7.17. The van der Waals surface area contributed by atoms with Crippen LogP contribution in [0.5, 0.6) is 0 Å². The molecule has 0 saturated carbocycles. The molecule has 0 N–H and O–H groups in total. The lowest BCUT2D eigenvalue weighted by atomic mass is 9.90. The van der Waals surface area contributed by atoms with Gasteiger partial charge in [-0.15, -0.1) is 0 Å². The minimum Gasteiger partial charge on any atom is -0.444 e. The molecule has 5 heteroatoms. The lowest BCUT2D eigenvalue weighted by Crippen LogP contribution is -2.43. The van der Waals surface area contributed by atoms with Gasteiger partial charge in [0.15, 0.2) is 5.49 Å². The average molecular weight is 301 g/mol. The zero-order valence-electron chi connectivity index (χ0n) is 13.5. The molecule has 0 radical (unpaired) electrons. The van der Waals surface area contributed by atoms with Crippen LogP contribution in [-0.4, -0.2) is 40.7 Å². The van der Waals surface area contributed by atoms with Gasteiger partial charge < -0.3 is 9.64 Å². The second-order valence-corrected chi connectivity index (χ2v) is 7.01. The van der Waals surface area contributed by atoms with Crippen LogP contribution in [0.25, 0.3) is 6.08 Å². The summed E-state index contributed by atoms with van der Waals surface area (Å²) >= 11 is 0. The molecule has 118 valence electrons. The number of carbonyl (C=O) groups excluding carboxylic acids is 1. The van der Waals surface area contributed by atoms with Crippen LogP contribution >= 0.6 is 0 Å². The Kier molecular flexibility index (Phi) is 3.89. The fraction of sp³-hybridized carbons (Fsp3) is 0.588. The maximum Gasteiger partial charge on any atom is 0.410 e. The van der Waals surface area contributed by atoms with E-state index in [-0.39, 0.29) is 12.1 Å². The summed E-state index contributed by atoms with van der Waals surface area (Å²) in [5, 5.41) is 1.13. The Morgan fingerprint density at radius 1 is 1.32 bits per heavy atom. The number of fused-ring (bicyclic) bond motifs is 1. The van der Waals surface area contributed by atoms with Crippen molar-refractivity contribution in [1.29, 1.82) is 0 Å². The van der Waals surface area contributed by atoms with Crippen LogP contribution in [-0.2, 0) is 4.74 Å². The maximum absolute atomic E-state index is 12.1. The number of hydrogen-bond acceptors (Lipinski definition) is 4. The van der Waals surface area contributed by atoms with Crippen LogP contribution in [0.3, 0.4) is 0 Å². The van der Waals surface area contributed by atoms with Crippen molar-refractivity contribution in [2.75, 3.05) is 13.1 Å². The number of nitrogens with zero attached hydrogens (tertiary/aromatic N) is 3. The van der Waals surface area contributed by atoms with E-state index in [1.54, 1.807) is 6.20 Å². The number of aromatic nitrogens is 1. The standard InChI is InChI=1S/C17H23N3O2/c1-17(2,3)22-16(21)20-9-6-12(7-10-20)14-11-13-5-4-8-18-15(13)19-14/h4-5,8,11-12,14H,6-7,9-10H2,1-3H3/t14-/m0/s1. The van der Waals surface area contributed by atoms with Gasteiger partial charge in [-0.25, -0.2) is 9.78 Å². The third-order valence-corrected chi connectivity index (χ3v) is 4.11. The molecule has 22 heavy (non-hydrogen) atoms. The van der Waals surface area contributed by atoms with Crippen LogP contribution in [0, 0.1) is 5.92 Å². The van der Waals surface area contributed by atoms with Gasteiger partial charge in [-0.05, 0) is 57.7 Å². The number of pyridine rings is 1. The number of piperidine rings is 1. The summed E-state index contributed by atoms with van der Waals surface area (Å²) in [6.07, 6.45) is 5.69. The first-order valence-electron chi connectivity index (χ1n) is 7.91. The van der Waals surface area contributed by atoms with Crippen LogP contribution in [0.2, 0.25) is 0 Å². The highest BCUT2D eigenvalue weighted by Crippen LogP contribution is 2.25. The summed E-state index contributed by atoms with van der Waals surface area (Å²) in [5.74, 6) is 0.480. The molecule has 1 aromatic rings. The van der Waals surface area contributed by atoms with E-state index in [4.69, 9.17) is 9.73 Å². The summed E-state index contributed by atoms with van der Waals surface area (Å²) in [6, 6.07) is 4.20. The number of ether oxygens (including phenoxy) is 1. The molecule has 3 heterocycles. The molecule has 1 amide bonds. The van der Waals surface area contributed by atoms with Gasteiger partial charge in [-0.1, -0.05) is 0 Å². The molecular formula is C17H23N3O2. The molecule has 0 aromatic carbocycles. The van der Waals surface area contributed by atoms with Crippen molar-refractivity contribution in [2.45, 2.75) is 45.3 Å². The number of rotatable bonds is 1. The van der Waals surface area contributed by atoms with E-state index in [0.29, 0.717) is 5.92 Å². The number of likely N-dealkylation sites (tertiary alicyclic amines) is 1. The Labute approximate surface area is 130 Å². The lowest BCUT2D eigenvalue weighted by molar-refractivity contribution is 0.0181. The van der Waals surface area contributed by atoms with E-state index in [2.05, 4.69) is 17.1 Å². The topological polar surface area (TPSA) is 54.8 Å². The molecule has 1 saturated heterocycles. The van der Waals surface area contributed by atoms with Crippen LogP contribution in [0.1, 0.15) is 33.6 Å². The number of amides is 1. The monoisotopic (exact) mass is 301 g/mol. The molecule has 2 aliphatic rings. The number of carbonyl (C=O) groups is 1. The molecule has 0 bridgehead atoms. The highest BCUT2D eigenvalue weighted by atomic mass is 16.6. The van der Waals surface area contributed by atoms with E-state index in [0.717, 1.165) is 36.6 Å². The zero-order valence-corrected chi connectivity index (χ0v) is 13.5. The molecule has 2 aliphatic heterocycles. The van der Waals surface area contributed by atoms with Gasteiger partial charge in [0.2, 0.25) is 0 Å². The van der Waals surface area contributed by atoms with E-state index < -0.39 is 5.60 Å². The van der Waals surface area contributed by atoms with Crippen molar-refractivity contribution in [1.82, 2.24) is 9.88 Å². The molecule has 0 unspecified atom stereocenters. The Hall–Kier alpha value is -1.91. The Morgan fingerprint density at radius 2 is 2.05 bits per heavy atom. The van der Waals surface area contributed by atoms with Crippen molar-refractivity contribution >= 4 is 12.2 Å². The van der Waals surface area contributed by atoms with Crippen LogP contribution < -0.4 is 10.7 Å². The first-order valence-corrected chi connectivity index (χ1v) is 7.91. The van der Waals surface area contributed by atoms with Gasteiger partial charge in [0.05, 0.1) is 6.04 Å². The Bertz CT molecular complexity index is 635. The minimum atomic E-state index is -0.435. The molecule has 5 nitrogen and oxygen atoms in total. The first kappa shape index (κ1) is 15.0. The van der Waals surface area contributed by atoms with Gasteiger partial charge in [0.25, 0.3) is 0 Å². The quantitative estimate of drug-likeness (QED) is 0.790. The molecule has 3 rings (SSSR count). The largest absolute Gasteiger partial charge is 0.444 e. The summed E-state index contributed by atoms with van der Waals surface area (Å²) in [5.41, 5.74) is 0.414. The Morgan fingerprint density at radius 3 is 2.68 bits per heavy atom. The molecule has 1 fully saturated rings. The fourth-order valence-electron chi connectivity index (χ4n) is 3.00. The van der Waals surface area contributed by atoms with E-state index in [1.807, 2.05) is 31.7 Å². The molecule has 0 spiro atoms. The summed E-state index contributed by atoms with van der Waals surface area (Å²) in [7, 11) is 0. The van der Waals surface area contributed by atoms with Crippen molar-refractivity contribution in [3.05, 3.63) is 29.0 Å². The Balaban J connectivity index is 1.59. The summed E-state index contributed by atoms with van der Waals surface area (Å²) < 4.78 is 5.43. The van der Waals surface area contributed by atoms with Gasteiger partial charge in [0, 0.05) is 24.5 Å². The second-order valence-electron chi connectivity index (χ2n) is 7.01. The third kappa shape index (κ3) is 3.29. The van der Waals surface area contributed by atoms with Crippen LogP contribution in [0.4, 0.5) is 4.79 Å². The van der Waals surface area contributed by atoms with E-state index >= 15 is 0 Å². The minimum absolute atomic E-state index is 0.200. The number of hydrogen-bond donors (Lipinski definition) is 0. The van der Waals surface area contributed by atoms with Crippen molar-refractivity contribution < 1.29 is 9.53 Å². The fourth-order valence-corrected chi connectivity index (χ4v) is 3.00. The van der Waals surface area contributed by atoms with E-state index in [1.165, 1.54) is 0 Å². The lowest BCUT2D eigenvalue weighted by Gasteiger charge is -2.34. The van der Waals surface area contributed by atoms with Crippen molar-refractivity contribution in [3.63, 3.8) is 0 Å². The SMILES string of the molecule is CC(C)(C)OC(=O)N1CCC([C@@H]2C=c3cccnc3=N2)CC1. The normalized spacial score (nSPS) is 21.8. The molecule has 1 aromatic heterocycles. The average Bonchev–Trinajstić information content (AvgIpc) is 2.89. The molecule has 0 aliphatic carbocycles. The van der Waals surface area contributed by atoms with Gasteiger partial charge >= 0.3 is 6.09 Å².